The average molecular weight is 272 g/mol. The van der Waals surface area contributed by atoms with Gasteiger partial charge in [-0.1, -0.05) is 13.0 Å². The van der Waals surface area contributed by atoms with E-state index in [1.54, 1.807) is 0 Å². The summed E-state index contributed by atoms with van der Waals surface area (Å²) in [7, 11) is 0. The van der Waals surface area contributed by atoms with E-state index in [0.717, 1.165) is 15.7 Å². The van der Waals surface area contributed by atoms with E-state index in [4.69, 9.17) is 5.11 Å². The van der Waals surface area contributed by atoms with E-state index in [9.17, 15) is 4.79 Å². The molecule has 0 aliphatic carbocycles. The van der Waals surface area contributed by atoms with Crippen molar-refractivity contribution in [1.82, 2.24) is 0 Å². The Morgan fingerprint density at radius 1 is 1.60 bits per heavy atom. The first-order valence-corrected chi connectivity index (χ1v) is 5.59. The maximum absolute atomic E-state index is 10.8. The number of carbonyl (C=O) groups is 1. The lowest BCUT2D eigenvalue weighted by Crippen LogP contribution is -2.28. The molecule has 0 heterocycles. The summed E-state index contributed by atoms with van der Waals surface area (Å²) in [5, 5.41) is 11.9. The van der Waals surface area contributed by atoms with E-state index in [1.807, 2.05) is 32.0 Å². The number of carboxylic acids is 1. The van der Waals surface area contributed by atoms with Crippen LogP contribution in [0.1, 0.15) is 18.9 Å². The van der Waals surface area contributed by atoms with Crippen LogP contribution < -0.4 is 5.32 Å². The van der Waals surface area contributed by atoms with Crippen LogP contribution in [0.2, 0.25) is 0 Å². The van der Waals surface area contributed by atoms with Crippen molar-refractivity contribution >= 4 is 27.6 Å². The summed E-state index contributed by atoms with van der Waals surface area (Å²) in [6.07, 6.45) is 0.551. The Balaban J connectivity index is 2.84. The van der Waals surface area contributed by atoms with E-state index >= 15 is 0 Å². The van der Waals surface area contributed by atoms with Gasteiger partial charge < -0.3 is 10.4 Å². The van der Waals surface area contributed by atoms with Crippen LogP contribution in [0.3, 0.4) is 0 Å². The largest absolute Gasteiger partial charge is 0.480 e. The van der Waals surface area contributed by atoms with E-state index in [0.29, 0.717) is 6.42 Å². The van der Waals surface area contributed by atoms with Crippen molar-refractivity contribution in [3.05, 3.63) is 28.2 Å². The molecular formula is C11H14BrNO2. The number of aryl methyl sites for hydroxylation is 1. The molecule has 1 aromatic carbocycles. The fraction of sp³-hybridized carbons (Fsp3) is 0.364. The molecule has 0 saturated heterocycles. The molecule has 1 rings (SSSR count). The summed E-state index contributed by atoms with van der Waals surface area (Å²) in [6, 6.07) is 5.24. The van der Waals surface area contributed by atoms with Gasteiger partial charge in [0.2, 0.25) is 0 Å². The number of hydrogen-bond acceptors (Lipinski definition) is 2. The van der Waals surface area contributed by atoms with Crippen LogP contribution in [0.5, 0.6) is 0 Å². The van der Waals surface area contributed by atoms with Crippen LogP contribution in [0.25, 0.3) is 0 Å². The number of hydrogen-bond donors (Lipinski definition) is 2. The molecule has 3 nitrogen and oxygen atoms in total. The van der Waals surface area contributed by atoms with Gasteiger partial charge in [0.1, 0.15) is 6.04 Å². The van der Waals surface area contributed by atoms with Gasteiger partial charge >= 0.3 is 5.97 Å². The third kappa shape index (κ3) is 3.23. The normalized spacial score (nSPS) is 12.2. The summed E-state index contributed by atoms with van der Waals surface area (Å²) in [5.74, 6) is -0.829. The maximum Gasteiger partial charge on any atom is 0.326 e. The van der Waals surface area contributed by atoms with Crippen molar-refractivity contribution in [3.8, 4) is 0 Å². The van der Waals surface area contributed by atoms with E-state index in [1.165, 1.54) is 0 Å². The molecule has 15 heavy (non-hydrogen) atoms. The van der Waals surface area contributed by atoms with Crippen molar-refractivity contribution < 1.29 is 9.90 Å². The van der Waals surface area contributed by atoms with E-state index < -0.39 is 12.0 Å². The van der Waals surface area contributed by atoms with Gasteiger partial charge in [-0.25, -0.2) is 4.79 Å². The molecule has 0 aliphatic rings. The molecule has 2 N–H and O–H groups in total. The third-order valence-corrected chi connectivity index (χ3v) is 2.82. The topological polar surface area (TPSA) is 49.3 Å². The third-order valence-electron chi connectivity index (χ3n) is 2.16. The van der Waals surface area contributed by atoms with Crippen molar-refractivity contribution in [2.45, 2.75) is 26.3 Å². The van der Waals surface area contributed by atoms with Gasteiger partial charge in [-0.05, 0) is 47.0 Å². The standard InChI is InChI=1S/C11H14BrNO2/c1-3-9(11(14)15)13-10-5-4-7(2)6-8(10)12/h4-6,9,13H,3H2,1-2H3,(H,14,15). The quantitative estimate of drug-likeness (QED) is 0.885. The van der Waals surface area contributed by atoms with Crippen molar-refractivity contribution in [3.63, 3.8) is 0 Å². The minimum Gasteiger partial charge on any atom is -0.480 e. The fourth-order valence-electron chi connectivity index (χ4n) is 1.26. The number of benzene rings is 1. The Hall–Kier alpha value is -1.03. The molecule has 4 heteroatoms. The molecule has 1 unspecified atom stereocenters. The van der Waals surface area contributed by atoms with Crippen molar-refractivity contribution in [1.29, 1.82) is 0 Å². The molecule has 0 bridgehead atoms. The Bertz CT molecular complexity index is 366. The van der Waals surface area contributed by atoms with E-state index in [-0.39, 0.29) is 0 Å². The number of halogens is 1. The molecule has 0 radical (unpaired) electrons. The number of nitrogens with one attached hydrogen (secondary N) is 1. The highest BCUT2D eigenvalue weighted by Crippen LogP contribution is 2.24. The summed E-state index contributed by atoms with van der Waals surface area (Å²) >= 11 is 3.40. The van der Waals surface area contributed by atoms with Crippen LogP contribution in [-0.4, -0.2) is 17.1 Å². The Morgan fingerprint density at radius 3 is 2.73 bits per heavy atom. The van der Waals surface area contributed by atoms with Gasteiger partial charge in [0.25, 0.3) is 0 Å². The number of anilines is 1. The molecule has 0 fully saturated rings. The second kappa shape index (κ2) is 5.16. The average Bonchev–Trinajstić information content (AvgIpc) is 2.16. The van der Waals surface area contributed by atoms with Gasteiger partial charge in [-0.15, -0.1) is 0 Å². The number of rotatable bonds is 4. The maximum atomic E-state index is 10.8. The highest BCUT2D eigenvalue weighted by Gasteiger charge is 2.15. The SMILES string of the molecule is CCC(Nc1ccc(C)cc1Br)C(=O)O. The highest BCUT2D eigenvalue weighted by atomic mass is 79.9. The molecule has 1 atom stereocenters. The molecule has 1 aromatic rings. The van der Waals surface area contributed by atoms with Crippen LogP contribution in [0, 0.1) is 6.92 Å². The van der Waals surface area contributed by atoms with Crippen molar-refractivity contribution in [2.24, 2.45) is 0 Å². The first kappa shape index (κ1) is 12.0. The zero-order valence-electron chi connectivity index (χ0n) is 8.75. The molecule has 0 aliphatic heterocycles. The molecule has 0 aromatic heterocycles. The van der Waals surface area contributed by atoms with Gasteiger partial charge in [0, 0.05) is 10.2 Å². The van der Waals surface area contributed by atoms with Crippen LogP contribution in [0.4, 0.5) is 5.69 Å². The number of aliphatic carboxylic acids is 1. The van der Waals surface area contributed by atoms with Crippen LogP contribution in [0.15, 0.2) is 22.7 Å². The Kier molecular flexibility index (Phi) is 4.15. The lowest BCUT2D eigenvalue weighted by molar-refractivity contribution is -0.137. The zero-order valence-corrected chi connectivity index (χ0v) is 10.3. The molecule has 0 spiro atoms. The van der Waals surface area contributed by atoms with Gasteiger partial charge in [0.05, 0.1) is 0 Å². The lowest BCUT2D eigenvalue weighted by atomic mass is 10.2. The predicted octanol–water partition coefficient (Wildman–Crippen LogP) is 3.03. The minimum atomic E-state index is -0.829. The van der Waals surface area contributed by atoms with Gasteiger partial charge in [0.15, 0.2) is 0 Å². The highest BCUT2D eigenvalue weighted by molar-refractivity contribution is 9.10. The molecular weight excluding hydrogens is 258 g/mol. The minimum absolute atomic E-state index is 0.538. The predicted molar refractivity (Wildman–Crippen MR) is 64.2 cm³/mol. The Morgan fingerprint density at radius 2 is 2.27 bits per heavy atom. The second-order valence-corrected chi connectivity index (χ2v) is 4.28. The van der Waals surface area contributed by atoms with Crippen LogP contribution in [-0.2, 0) is 4.79 Å². The fourth-order valence-corrected chi connectivity index (χ4v) is 1.87. The van der Waals surface area contributed by atoms with Gasteiger partial charge in [-0.2, -0.15) is 0 Å². The van der Waals surface area contributed by atoms with E-state index in [2.05, 4.69) is 21.2 Å². The summed E-state index contributed by atoms with van der Waals surface area (Å²) in [4.78, 5) is 10.8. The zero-order chi connectivity index (χ0) is 11.4. The molecule has 0 saturated carbocycles. The molecule has 82 valence electrons. The summed E-state index contributed by atoms with van der Waals surface area (Å²) in [5.41, 5.74) is 1.95. The first-order chi connectivity index (χ1) is 7.04. The smallest absolute Gasteiger partial charge is 0.326 e. The number of carboxylic acid groups (broad SMARTS) is 1. The second-order valence-electron chi connectivity index (χ2n) is 3.43. The molecule has 0 amide bonds. The van der Waals surface area contributed by atoms with Gasteiger partial charge in [-0.3, -0.25) is 0 Å². The Labute approximate surface area is 97.6 Å². The summed E-state index contributed by atoms with van der Waals surface area (Å²) < 4.78 is 0.891. The monoisotopic (exact) mass is 271 g/mol. The summed E-state index contributed by atoms with van der Waals surface area (Å²) in [6.45, 7) is 3.83. The van der Waals surface area contributed by atoms with Crippen LogP contribution >= 0.6 is 15.9 Å². The first-order valence-electron chi connectivity index (χ1n) is 4.80. The van der Waals surface area contributed by atoms with Crippen molar-refractivity contribution in [2.75, 3.05) is 5.32 Å². The lowest BCUT2D eigenvalue weighted by Gasteiger charge is -2.15.